The van der Waals surface area contributed by atoms with Crippen LogP contribution in [0.2, 0.25) is 0 Å². The number of ether oxygens (including phenoxy) is 1. The molecule has 2 aromatic carbocycles. The van der Waals surface area contributed by atoms with Crippen LogP contribution in [0, 0.1) is 13.8 Å². The van der Waals surface area contributed by atoms with Gasteiger partial charge in [-0.05, 0) is 49.2 Å². The van der Waals surface area contributed by atoms with Crippen molar-refractivity contribution in [2.75, 3.05) is 31.0 Å². The van der Waals surface area contributed by atoms with E-state index < -0.39 is 10.0 Å². The zero-order chi connectivity index (χ0) is 22.2. The van der Waals surface area contributed by atoms with E-state index in [-0.39, 0.29) is 22.2 Å². The van der Waals surface area contributed by atoms with Gasteiger partial charge in [-0.2, -0.15) is 0 Å². The minimum Gasteiger partial charge on any atom is -0.378 e. The topological polar surface area (TPSA) is 97.7 Å². The fourth-order valence-electron chi connectivity index (χ4n) is 3.46. The quantitative estimate of drug-likeness (QED) is 0.629. The van der Waals surface area contributed by atoms with Crippen LogP contribution < -0.4 is 9.60 Å². The van der Waals surface area contributed by atoms with Crippen molar-refractivity contribution in [3.05, 3.63) is 57.2 Å². The minimum atomic E-state index is -3.83. The molecule has 1 aliphatic rings. The normalized spacial score (nSPS) is 14.7. The fraction of sp³-hybridized carbons (Fsp3) is 0.333. The number of carbonyl (C=O) groups excluding carboxylic acids is 1. The SMILES string of the molecule is Cc1ccc(C)c(NS(=O)(=O)c2ccc3c(c2)sc(=O)n3CC(=O)N2CCOCC2)c1. The number of sulfonamides is 1. The zero-order valence-electron chi connectivity index (χ0n) is 17.3. The fourth-order valence-corrected chi connectivity index (χ4v) is 5.61. The van der Waals surface area contributed by atoms with Crippen molar-refractivity contribution in [2.24, 2.45) is 0 Å². The number of aryl methyl sites for hydroxylation is 2. The number of anilines is 1. The predicted molar refractivity (Wildman–Crippen MR) is 120 cm³/mol. The van der Waals surface area contributed by atoms with E-state index >= 15 is 0 Å². The van der Waals surface area contributed by atoms with Crippen LogP contribution in [-0.2, 0) is 26.1 Å². The number of aromatic nitrogens is 1. The van der Waals surface area contributed by atoms with Crippen molar-refractivity contribution in [3.8, 4) is 0 Å². The van der Waals surface area contributed by atoms with Gasteiger partial charge in [-0.15, -0.1) is 0 Å². The second-order valence-corrected chi connectivity index (χ2v) is 10.2. The molecule has 0 saturated carbocycles. The Morgan fingerprint density at radius 1 is 1.13 bits per heavy atom. The summed E-state index contributed by atoms with van der Waals surface area (Å²) in [6.45, 7) is 5.62. The summed E-state index contributed by atoms with van der Waals surface area (Å²) in [4.78, 5) is 26.5. The lowest BCUT2D eigenvalue weighted by Crippen LogP contribution is -2.43. The smallest absolute Gasteiger partial charge is 0.308 e. The van der Waals surface area contributed by atoms with Crippen LogP contribution in [-0.4, -0.2) is 50.1 Å². The first kappa shape index (κ1) is 21.5. The van der Waals surface area contributed by atoms with E-state index in [1.807, 2.05) is 26.0 Å². The first-order chi connectivity index (χ1) is 14.7. The molecule has 0 spiro atoms. The van der Waals surface area contributed by atoms with Crippen molar-refractivity contribution in [1.29, 1.82) is 0 Å². The van der Waals surface area contributed by atoms with Gasteiger partial charge in [0.25, 0.3) is 10.0 Å². The molecule has 2 heterocycles. The molecule has 1 N–H and O–H groups in total. The van der Waals surface area contributed by atoms with E-state index in [9.17, 15) is 18.0 Å². The van der Waals surface area contributed by atoms with Gasteiger partial charge in [0.1, 0.15) is 6.54 Å². The third kappa shape index (κ3) is 4.51. The van der Waals surface area contributed by atoms with E-state index in [0.717, 1.165) is 22.5 Å². The van der Waals surface area contributed by atoms with Crippen molar-refractivity contribution in [2.45, 2.75) is 25.3 Å². The average molecular weight is 462 g/mol. The highest BCUT2D eigenvalue weighted by Crippen LogP contribution is 2.25. The van der Waals surface area contributed by atoms with Crippen LogP contribution in [0.25, 0.3) is 10.2 Å². The highest BCUT2D eigenvalue weighted by Gasteiger charge is 2.21. The molecule has 1 saturated heterocycles. The Balaban J connectivity index is 1.62. The molecule has 3 aromatic rings. The molecule has 4 rings (SSSR count). The molecule has 10 heteroatoms. The molecule has 164 valence electrons. The summed E-state index contributed by atoms with van der Waals surface area (Å²) in [6, 6.07) is 10.1. The molecule has 0 aliphatic carbocycles. The Morgan fingerprint density at radius 2 is 1.87 bits per heavy atom. The van der Waals surface area contributed by atoms with Gasteiger partial charge < -0.3 is 9.64 Å². The number of thiazole rings is 1. The summed E-state index contributed by atoms with van der Waals surface area (Å²) in [5.74, 6) is -0.154. The standard InChI is InChI=1S/C21H23N3O5S2/c1-14-3-4-15(2)17(11-14)22-31(27,28)16-5-6-18-19(12-16)30-21(26)24(18)13-20(25)23-7-9-29-10-8-23/h3-6,11-12,22H,7-10,13H2,1-2H3. The summed E-state index contributed by atoms with van der Waals surface area (Å²) in [5, 5.41) is 0. The number of nitrogens with zero attached hydrogens (tertiary/aromatic N) is 2. The monoisotopic (exact) mass is 461 g/mol. The Labute approximate surface area is 184 Å². The number of amides is 1. The first-order valence-electron chi connectivity index (χ1n) is 9.83. The summed E-state index contributed by atoms with van der Waals surface area (Å²) in [6.07, 6.45) is 0. The van der Waals surface area contributed by atoms with Crippen LogP contribution in [0.5, 0.6) is 0 Å². The van der Waals surface area contributed by atoms with Gasteiger partial charge in [0.05, 0.1) is 34.0 Å². The molecule has 0 atom stereocenters. The lowest BCUT2D eigenvalue weighted by Gasteiger charge is -2.26. The number of hydrogen-bond acceptors (Lipinski definition) is 6. The number of fused-ring (bicyclic) bond motifs is 1. The Hall–Kier alpha value is -2.69. The van der Waals surface area contributed by atoms with Crippen molar-refractivity contribution in [3.63, 3.8) is 0 Å². The van der Waals surface area contributed by atoms with E-state index in [4.69, 9.17) is 4.74 Å². The molecular formula is C21H23N3O5S2. The van der Waals surface area contributed by atoms with Gasteiger partial charge in [-0.1, -0.05) is 23.5 Å². The minimum absolute atomic E-state index is 0.0637. The third-order valence-corrected chi connectivity index (χ3v) is 7.55. The van der Waals surface area contributed by atoms with E-state index in [1.165, 1.54) is 16.7 Å². The molecular weight excluding hydrogens is 438 g/mol. The second kappa shape index (κ2) is 8.45. The molecule has 0 radical (unpaired) electrons. The average Bonchev–Trinajstić information content (AvgIpc) is 3.05. The number of carbonyl (C=O) groups is 1. The summed E-state index contributed by atoms with van der Waals surface area (Å²) in [5.41, 5.74) is 2.82. The van der Waals surface area contributed by atoms with Gasteiger partial charge in [0.15, 0.2) is 0 Å². The number of benzene rings is 2. The maximum Gasteiger partial charge on any atom is 0.308 e. The molecule has 1 aromatic heterocycles. The van der Waals surface area contributed by atoms with Crippen molar-refractivity contribution < 1.29 is 17.9 Å². The van der Waals surface area contributed by atoms with Crippen LogP contribution >= 0.6 is 11.3 Å². The highest BCUT2D eigenvalue weighted by atomic mass is 32.2. The largest absolute Gasteiger partial charge is 0.378 e. The van der Waals surface area contributed by atoms with Gasteiger partial charge in [-0.3, -0.25) is 18.9 Å². The van der Waals surface area contributed by atoms with Gasteiger partial charge >= 0.3 is 4.87 Å². The van der Waals surface area contributed by atoms with Crippen molar-refractivity contribution in [1.82, 2.24) is 9.47 Å². The number of nitrogens with one attached hydrogen (secondary N) is 1. The Kier molecular flexibility index (Phi) is 5.87. The Bertz CT molecular complexity index is 1300. The van der Waals surface area contributed by atoms with E-state index in [0.29, 0.717) is 42.2 Å². The maximum atomic E-state index is 12.9. The summed E-state index contributed by atoms with van der Waals surface area (Å²) >= 11 is 0.929. The van der Waals surface area contributed by atoms with Gasteiger partial charge in [0, 0.05) is 13.1 Å². The number of hydrogen-bond donors (Lipinski definition) is 1. The lowest BCUT2D eigenvalue weighted by molar-refractivity contribution is -0.135. The van der Waals surface area contributed by atoms with Crippen LogP contribution in [0.3, 0.4) is 0 Å². The van der Waals surface area contributed by atoms with Gasteiger partial charge in [-0.25, -0.2) is 8.42 Å². The number of rotatable bonds is 5. The first-order valence-corrected chi connectivity index (χ1v) is 12.1. The molecule has 1 amide bonds. The van der Waals surface area contributed by atoms with Crippen LogP contribution in [0.1, 0.15) is 11.1 Å². The molecule has 1 fully saturated rings. The van der Waals surface area contributed by atoms with E-state index in [2.05, 4.69) is 4.72 Å². The molecule has 8 nitrogen and oxygen atoms in total. The molecule has 31 heavy (non-hydrogen) atoms. The third-order valence-electron chi connectivity index (χ3n) is 5.24. The van der Waals surface area contributed by atoms with Crippen LogP contribution in [0.4, 0.5) is 5.69 Å². The number of morpholine rings is 1. The molecule has 0 unspecified atom stereocenters. The van der Waals surface area contributed by atoms with Gasteiger partial charge in [0.2, 0.25) is 5.91 Å². The van der Waals surface area contributed by atoms with Crippen molar-refractivity contribution >= 4 is 43.2 Å². The van der Waals surface area contributed by atoms with E-state index in [1.54, 1.807) is 17.0 Å². The zero-order valence-corrected chi connectivity index (χ0v) is 18.9. The summed E-state index contributed by atoms with van der Waals surface area (Å²) in [7, 11) is -3.83. The van der Waals surface area contributed by atoms with Crippen LogP contribution in [0.15, 0.2) is 46.1 Å². The molecule has 0 bridgehead atoms. The Morgan fingerprint density at radius 3 is 2.61 bits per heavy atom. The second-order valence-electron chi connectivity index (χ2n) is 7.50. The lowest BCUT2D eigenvalue weighted by atomic mass is 10.1. The summed E-state index contributed by atoms with van der Waals surface area (Å²) < 4.78 is 35.6. The molecule has 1 aliphatic heterocycles. The predicted octanol–water partition coefficient (Wildman–Crippen LogP) is 2.34. The maximum absolute atomic E-state index is 12.9. The highest BCUT2D eigenvalue weighted by molar-refractivity contribution is 7.92.